The zero-order chi connectivity index (χ0) is 23.6. The molecular weight excluding hydrogens is 428 g/mol. The fourth-order valence-electron chi connectivity index (χ4n) is 4.84. The lowest BCUT2D eigenvalue weighted by atomic mass is 9.86. The maximum absolute atomic E-state index is 13.2. The number of nitrogens with zero attached hydrogens (tertiary/aromatic N) is 2. The van der Waals surface area contributed by atoms with Gasteiger partial charge in [-0.1, -0.05) is 0 Å². The van der Waals surface area contributed by atoms with Gasteiger partial charge in [0.1, 0.15) is 23.4 Å². The number of anilines is 1. The number of hydrogen-bond donors (Lipinski definition) is 3. The second-order valence-corrected chi connectivity index (χ2v) is 9.50. The number of benzene rings is 1. The summed E-state index contributed by atoms with van der Waals surface area (Å²) in [5.74, 6) is -0.147. The Labute approximate surface area is 192 Å². The summed E-state index contributed by atoms with van der Waals surface area (Å²) in [6.07, 6.45) is 5.46. The van der Waals surface area contributed by atoms with E-state index in [0.29, 0.717) is 18.8 Å². The fraction of sp³-hybridized carbons (Fsp3) is 0.542. The van der Waals surface area contributed by atoms with Crippen molar-refractivity contribution in [3.8, 4) is 5.75 Å². The van der Waals surface area contributed by atoms with Gasteiger partial charge < -0.3 is 20.8 Å². The van der Waals surface area contributed by atoms with Gasteiger partial charge in [0.25, 0.3) is 6.43 Å². The third-order valence-corrected chi connectivity index (χ3v) is 6.43. The number of halogens is 2. The second kappa shape index (κ2) is 9.59. The molecule has 3 aliphatic rings. The summed E-state index contributed by atoms with van der Waals surface area (Å²) in [6.45, 7) is 5.02. The predicted molar refractivity (Wildman–Crippen MR) is 125 cm³/mol. The minimum atomic E-state index is -2.34. The summed E-state index contributed by atoms with van der Waals surface area (Å²) in [5, 5.41) is 13.8. The molecule has 4 rings (SSSR count). The Bertz CT molecular complexity index is 954. The molecule has 1 aromatic carbocycles. The molecule has 3 heterocycles. The number of carbonyl (C=O) groups is 1. The molecule has 0 aromatic heterocycles. The second-order valence-electron chi connectivity index (χ2n) is 9.50. The first-order valence-corrected chi connectivity index (χ1v) is 11.4. The highest BCUT2D eigenvalue weighted by Gasteiger charge is 2.34. The Morgan fingerprint density at radius 1 is 1.39 bits per heavy atom. The van der Waals surface area contributed by atoms with Crippen molar-refractivity contribution in [3.05, 3.63) is 35.5 Å². The van der Waals surface area contributed by atoms with Gasteiger partial charge in [-0.15, -0.1) is 0 Å². The van der Waals surface area contributed by atoms with Gasteiger partial charge in [0.15, 0.2) is 0 Å². The first kappa shape index (κ1) is 23.4. The molecule has 2 unspecified atom stereocenters. The van der Waals surface area contributed by atoms with E-state index in [-0.39, 0.29) is 24.0 Å². The first-order chi connectivity index (χ1) is 15.8. The van der Waals surface area contributed by atoms with Crippen LogP contribution in [0.1, 0.15) is 43.7 Å². The van der Waals surface area contributed by atoms with E-state index in [1.807, 2.05) is 26.0 Å². The molecule has 0 saturated carbocycles. The van der Waals surface area contributed by atoms with Gasteiger partial charge in [-0.3, -0.25) is 14.7 Å². The van der Waals surface area contributed by atoms with E-state index in [0.717, 1.165) is 42.4 Å². The molecule has 1 amide bonds. The molecule has 2 atom stereocenters. The molecule has 0 radical (unpaired) electrons. The smallest absolute Gasteiger partial charge is 0.251 e. The number of allylic oxidation sites excluding steroid dienone is 1. The van der Waals surface area contributed by atoms with Crippen LogP contribution in [0.5, 0.6) is 5.75 Å². The lowest BCUT2D eigenvalue weighted by Crippen LogP contribution is -2.41. The van der Waals surface area contributed by atoms with Gasteiger partial charge in [0.05, 0.1) is 6.54 Å². The summed E-state index contributed by atoms with van der Waals surface area (Å²) in [5.41, 5.74) is 2.36. The highest BCUT2D eigenvalue weighted by Crippen LogP contribution is 2.42. The van der Waals surface area contributed by atoms with E-state index in [4.69, 9.17) is 10.1 Å². The maximum atomic E-state index is 13.2. The van der Waals surface area contributed by atoms with Crippen LogP contribution in [-0.2, 0) is 11.2 Å². The number of rotatable bonds is 7. The standard InChI is InChI=1S/C24H31F2N5O2/c1-24(2)12-16-10-19(30-23(32)18(13-27)22-28-6-3-7-29-22)17(11-20(16)33-24)15-4-8-31(9-5-15)14-21(25)26/h3,6-7,10-11,13,15,18,21-22,27-28H,4-5,8-9,12,14H2,1-2H3,(H,30,32). The zero-order valence-corrected chi connectivity index (χ0v) is 19.0. The van der Waals surface area contributed by atoms with Crippen LogP contribution in [0.2, 0.25) is 0 Å². The molecule has 1 aromatic rings. The zero-order valence-electron chi connectivity index (χ0n) is 19.0. The molecular formula is C24H31F2N5O2. The summed E-state index contributed by atoms with van der Waals surface area (Å²) in [7, 11) is 0. The van der Waals surface area contributed by atoms with E-state index >= 15 is 0 Å². The molecule has 7 nitrogen and oxygen atoms in total. The van der Waals surface area contributed by atoms with Crippen LogP contribution in [-0.4, -0.2) is 61.1 Å². The topological polar surface area (TPSA) is 89.8 Å². The van der Waals surface area contributed by atoms with Crippen LogP contribution in [0.15, 0.2) is 29.4 Å². The number of piperidine rings is 1. The molecule has 9 heteroatoms. The predicted octanol–water partition coefficient (Wildman–Crippen LogP) is 3.56. The molecule has 178 valence electrons. The van der Waals surface area contributed by atoms with E-state index in [9.17, 15) is 13.6 Å². The van der Waals surface area contributed by atoms with Gasteiger partial charge in [0, 0.05) is 30.1 Å². The Morgan fingerprint density at radius 3 is 2.79 bits per heavy atom. The minimum Gasteiger partial charge on any atom is -0.487 e. The lowest BCUT2D eigenvalue weighted by Gasteiger charge is -2.33. The van der Waals surface area contributed by atoms with E-state index in [1.165, 1.54) is 0 Å². The van der Waals surface area contributed by atoms with Crippen molar-refractivity contribution in [2.24, 2.45) is 10.9 Å². The number of aliphatic imine (C=N–C) groups is 1. The van der Waals surface area contributed by atoms with Crippen LogP contribution < -0.4 is 15.4 Å². The quantitative estimate of drug-likeness (QED) is 0.544. The number of fused-ring (bicyclic) bond motifs is 1. The maximum Gasteiger partial charge on any atom is 0.251 e. The van der Waals surface area contributed by atoms with Crippen molar-refractivity contribution in [2.75, 3.05) is 25.0 Å². The van der Waals surface area contributed by atoms with E-state index < -0.39 is 18.5 Å². The molecule has 0 bridgehead atoms. The number of likely N-dealkylation sites (tertiary alicyclic amines) is 1. The largest absolute Gasteiger partial charge is 0.487 e. The third-order valence-electron chi connectivity index (χ3n) is 6.43. The highest BCUT2D eigenvalue weighted by atomic mass is 19.3. The van der Waals surface area contributed by atoms with Crippen LogP contribution in [0, 0.1) is 11.3 Å². The van der Waals surface area contributed by atoms with Crippen LogP contribution >= 0.6 is 0 Å². The van der Waals surface area contributed by atoms with Gasteiger partial charge in [-0.05, 0) is 75.7 Å². The van der Waals surface area contributed by atoms with E-state index in [1.54, 1.807) is 23.4 Å². The van der Waals surface area contributed by atoms with Crippen LogP contribution in [0.3, 0.4) is 0 Å². The Hall–Kier alpha value is -2.81. The van der Waals surface area contributed by atoms with Crippen LogP contribution in [0.4, 0.5) is 14.5 Å². The minimum absolute atomic E-state index is 0.124. The first-order valence-electron chi connectivity index (χ1n) is 11.4. The SMILES string of the molecule is CC1(C)Cc2cc(NC(=O)C(C=N)C3N=CC=CN3)c(C3CCN(CC(F)F)CC3)cc2O1. The number of hydrogen-bond acceptors (Lipinski definition) is 6. The van der Waals surface area contributed by atoms with Crippen molar-refractivity contribution in [1.29, 1.82) is 5.41 Å². The summed E-state index contributed by atoms with van der Waals surface area (Å²) in [4.78, 5) is 19.2. The van der Waals surface area contributed by atoms with Crippen molar-refractivity contribution < 1.29 is 18.3 Å². The van der Waals surface area contributed by atoms with Crippen molar-refractivity contribution in [3.63, 3.8) is 0 Å². The summed E-state index contributed by atoms with van der Waals surface area (Å²) in [6, 6.07) is 3.98. The molecule has 3 aliphatic heterocycles. The Kier molecular flexibility index (Phi) is 6.78. The molecule has 1 saturated heterocycles. The van der Waals surface area contributed by atoms with Crippen molar-refractivity contribution in [1.82, 2.24) is 10.2 Å². The summed E-state index contributed by atoms with van der Waals surface area (Å²) < 4.78 is 31.7. The summed E-state index contributed by atoms with van der Waals surface area (Å²) >= 11 is 0. The molecule has 0 aliphatic carbocycles. The van der Waals surface area contributed by atoms with Gasteiger partial charge in [-0.2, -0.15) is 0 Å². The number of amides is 1. The average molecular weight is 460 g/mol. The molecule has 33 heavy (non-hydrogen) atoms. The molecule has 3 N–H and O–H groups in total. The highest BCUT2D eigenvalue weighted by molar-refractivity contribution is 6.02. The Morgan fingerprint density at radius 2 is 2.15 bits per heavy atom. The number of nitrogens with one attached hydrogen (secondary N) is 3. The third kappa shape index (κ3) is 5.40. The Balaban J connectivity index is 1.57. The van der Waals surface area contributed by atoms with Gasteiger partial charge in [0.2, 0.25) is 5.91 Å². The fourth-order valence-corrected chi connectivity index (χ4v) is 4.84. The average Bonchev–Trinajstić information content (AvgIpc) is 3.07. The molecule has 0 spiro atoms. The number of carbonyl (C=O) groups excluding carboxylic acids is 1. The normalized spacial score (nSPS) is 23.0. The van der Waals surface area contributed by atoms with Crippen molar-refractivity contribution >= 4 is 24.0 Å². The van der Waals surface area contributed by atoms with Crippen molar-refractivity contribution in [2.45, 2.75) is 57.2 Å². The molecule has 1 fully saturated rings. The lowest BCUT2D eigenvalue weighted by molar-refractivity contribution is -0.118. The monoisotopic (exact) mass is 459 g/mol. The number of alkyl halides is 2. The van der Waals surface area contributed by atoms with Gasteiger partial charge in [-0.25, -0.2) is 8.78 Å². The van der Waals surface area contributed by atoms with Crippen LogP contribution in [0.25, 0.3) is 0 Å². The van der Waals surface area contributed by atoms with Gasteiger partial charge >= 0.3 is 0 Å². The van der Waals surface area contributed by atoms with E-state index in [2.05, 4.69) is 15.6 Å². The number of ether oxygens (including phenoxy) is 1.